The molecule has 1 saturated heterocycles. The number of carbonyl (C=O) groups excluding carboxylic acids is 1. The van der Waals surface area contributed by atoms with Crippen LogP contribution in [-0.2, 0) is 14.8 Å². The molecule has 1 fully saturated rings. The highest BCUT2D eigenvalue weighted by Crippen LogP contribution is 2.14. The summed E-state index contributed by atoms with van der Waals surface area (Å²) < 4.78 is 30.3. The maximum absolute atomic E-state index is 12.2. The highest BCUT2D eigenvalue weighted by atomic mass is 32.2. The number of ether oxygens (including phenoxy) is 1. The third-order valence-electron chi connectivity index (χ3n) is 3.30. The van der Waals surface area contributed by atoms with Gasteiger partial charge in [-0.3, -0.25) is 4.79 Å². The largest absolute Gasteiger partial charge is 0.384 e. The SMILES string of the molecule is COCCS(=O)(=O)N1CCN(C(=O)c2csc(C)n2)CC1. The summed E-state index contributed by atoms with van der Waals surface area (Å²) in [6.07, 6.45) is 0. The maximum atomic E-state index is 12.2. The number of hydrogen-bond acceptors (Lipinski definition) is 6. The van der Waals surface area contributed by atoms with Crippen molar-refractivity contribution < 1.29 is 17.9 Å². The van der Waals surface area contributed by atoms with Crippen LogP contribution in [0.4, 0.5) is 0 Å². The van der Waals surface area contributed by atoms with E-state index in [1.807, 2.05) is 6.92 Å². The van der Waals surface area contributed by atoms with Crippen LogP contribution >= 0.6 is 11.3 Å². The van der Waals surface area contributed by atoms with E-state index in [2.05, 4.69) is 4.98 Å². The van der Waals surface area contributed by atoms with E-state index in [0.29, 0.717) is 31.9 Å². The summed E-state index contributed by atoms with van der Waals surface area (Å²) in [6, 6.07) is 0. The molecule has 1 aromatic heterocycles. The first-order chi connectivity index (χ1) is 9.94. The molecule has 118 valence electrons. The average Bonchev–Trinajstić information content (AvgIpc) is 2.91. The van der Waals surface area contributed by atoms with Gasteiger partial charge in [-0.1, -0.05) is 0 Å². The summed E-state index contributed by atoms with van der Waals surface area (Å²) >= 11 is 1.43. The summed E-state index contributed by atoms with van der Waals surface area (Å²) in [6.45, 7) is 3.45. The van der Waals surface area contributed by atoms with Gasteiger partial charge in [0.25, 0.3) is 5.91 Å². The molecule has 2 heterocycles. The van der Waals surface area contributed by atoms with E-state index in [9.17, 15) is 13.2 Å². The van der Waals surface area contributed by atoms with Crippen LogP contribution in [0.2, 0.25) is 0 Å². The predicted octanol–water partition coefficient (Wildman–Crippen LogP) is 0.186. The quantitative estimate of drug-likeness (QED) is 0.768. The number of hydrogen-bond donors (Lipinski definition) is 0. The normalized spacial score (nSPS) is 17.1. The molecule has 1 aliphatic heterocycles. The average molecular weight is 333 g/mol. The van der Waals surface area contributed by atoms with Crippen LogP contribution in [0, 0.1) is 6.92 Å². The number of sulfonamides is 1. The summed E-state index contributed by atoms with van der Waals surface area (Å²) in [5.41, 5.74) is 0.438. The van der Waals surface area contributed by atoms with Crippen LogP contribution in [0.25, 0.3) is 0 Å². The van der Waals surface area contributed by atoms with Crippen molar-refractivity contribution in [2.24, 2.45) is 0 Å². The topological polar surface area (TPSA) is 79.8 Å². The number of piperazine rings is 1. The molecule has 0 bridgehead atoms. The Morgan fingerprint density at radius 3 is 2.57 bits per heavy atom. The van der Waals surface area contributed by atoms with Crippen molar-refractivity contribution in [3.63, 3.8) is 0 Å². The Balaban J connectivity index is 1.93. The van der Waals surface area contributed by atoms with Gasteiger partial charge in [0, 0.05) is 38.7 Å². The highest BCUT2D eigenvalue weighted by molar-refractivity contribution is 7.89. The van der Waals surface area contributed by atoms with Gasteiger partial charge in [-0.05, 0) is 6.92 Å². The minimum atomic E-state index is -3.30. The molecule has 2 rings (SSSR count). The Kier molecular flexibility index (Phi) is 5.31. The molecule has 0 saturated carbocycles. The fourth-order valence-electron chi connectivity index (χ4n) is 2.11. The van der Waals surface area contributed by atoms with Crippen molar-refractivity contribution >= 4 is 27.3 Å². The standard InChI is InChI=1S/C12H19N3O4S2/c1-10-13-11(9-20-10)12(16)14-3-5-15(6-4-14)21(17,18)8-7-19-2/h9H,3-8H2,1-2H3. The van der Waals surface area contributed by atoms with E-state index in [4.69, 9.17) is 4.74 Å². The van der Waals surface area contributed by atoms with Crippen molar-refractivity contribution in [2.45, 2.75) is 6.92 Å². The number of methoxy groups -OCH3 is 1. The zero-order valence-corrected chi connectivity index (χ0v) is 13.7. The Morgan fingerprint density at radius 2 is 2.05 bits per heavy atom. The molecular weight excluding hydrogens is 314 g/mol. The van der Waals surface area contributed by atoms with Gasteiger partial charge in [0.05, 0.1) is 17.4 Å². The summed E-state index contributed by atoms with van der Waals surface area (Å²) in [5.74, 6) is -0.156. The molecule has 0 spiro atoms. The van der Waals surface area contributed by atoms with E-state index < -0.39 is 10.0 Å². The minimum absolute atomic E-state index is 0.0251. The second kappa shape index (κ2) is 6.82. The summed E-state index contributed by atoms with van der Waals surface area (Å²) in [5, 5.41) is 2.58. The van der Waals surface area contributed by atoms with Crippen molar-refractivity contribution in [3.05, 3.63) is 16.1 Å². The second-order valence-electron chi connectivity index (χ2n) is 4.75. The molecule has 0 aromatic carbocycles. The second-order valence-corrected chi connectivity index (χ2v) is 7.90. The number of aryl methyl sites for hydroxylation is 1. The first-order valence-corrected chi connectivity index (χ1v) is 9.11. The van der Waals surface area contributed by atoms with Gasteiger partial charge in [-0.15, -0.1) is 11.3 Å². The zero-order valence-electron chi connectivity index (χ0n) is 12.1. The zero-order chi connectivity index (χ0) is 15.5. The molecule has 0 radical (unpaired) electrons. The van der Waals surface area contributed by atoms with E-state index in [1.54, 1.807) is 10.3 Å². The van der Waals surface area contributed by atoms with Gasteiger partial charge >= 0.3 is 0 Å². The lowest BCUT2D eigenvalue weighted by Gasteiger charge is -2.33. The lowest BCUT2D eigenvalue weighted by Crippen LogP contribution is -2.51. The number of rotatable bonds is 5. The van der Waals surface area contributed by atoms with Crippen LogP contribution in [0.3, 0.4) is 0 Å². The van der Waals surface area contributed by atoms with Crippen molar-refractivity contribution in [1.82, 2.24) is 14.2 Å². The summed E-state index contributed by atoms with van der Waals surface area (Å²) in [7, 11) is -1.82. The monoisotopic (exact) mass is 333 g/mol. The van der Waals surface area contributed by atoms with Crippen LogP contribution in [0.1, 0.15) is 15.5 Å². The van der Waals surface area contributed by atoms with Gasteiger partial charge in [0.2, 0.25) is 10.0 Å². The number of nitrogens with zero attached hydrogens (tertiary/aromatic N) is 3. The Hall–Kier alpha value is -1.03. The first-order valence-electron chi connectivity index (χ1n) is 6.62. The van der Waals surface area contributed by atoms with Gasteiger partial charge < -0.3 is 9.64 Å². The van der Waals surface area contributed by atoms with E-state index in [-0.39, 0.29) is 18.3 Å². The first kappa shape index (κ1) is 16.3. The molecule has 0 aliphatic carbocycles. The lowest BCUT2D eigenvalue weighted by atomic mass is 10.3. The van der Waals surface area contributed by atoms with E-state index >= 15 is 0 Å². The summed E-state index contributed by atoms with van der Waals surface area (Å²) in [4.78, 5) is 18.0. The third-order valence-corrected chi connectivity index (χ3v) is 5.91. The van der Waals surface area contributed by atoms with Crippen LogP contribution < -0.4 is 0 Å². The van der Waals surface area contributed by atoms with E-state index in [1.165, 1.54) is 22.8 Å². The van der Waals surface area contributed by atoms with Gasteiger partial charge in [0.15, 0.2) is 0 Å². The molecule has 1 aromatic rings. The molecule has 1 aliphatic rings. The fourth-order valence-corrected chi connectivity index (χ4v) is 4.05. The Labute approximate surface area is 128 Å². The smallest absolute Gasteiger partial charge is 0.273 e. The number of thiazole rings is 1. The fraction of sp³-hybridized carbons (Fsp3) is 0.667. The predicted molar refractivity (Wildman–Crippen MR) is 80.0 cm³/mol. The number of amides is 1. The van der Waals surface area contributed by atoms with Gasteiger partial charge in [-0.25, -0.2) is 13.4 Å². The molecule has 21 heavy (non-hydrogen) atoms. The highest BCUT2D eigenvalue weighted by Gasteiger charge is 2.29. The van der Waals surface area contributed by atoms with Gasteiger partial charge in [-0.2, -0.15) is 4.31 Å². The lowest BCUT2D eigenvalue weighted by molar-refractivity contribution is 0.0692. The molecule has 1 amide bonds. The maximum Gasteiger partial charge on any atom is 0.273 e. The third kappa shape index (κ3) is 4.00. The number of aromatic nitrogens is 1. The minimum Gasteiger partial charge on any atom is -0.384 e. The number of carbonyl (C=O) groups is 1. The van der Waals surface area contributed by atoms with E-state index in [0.717, 1.165) is 5.01 Å². The van der Waals surface area contributed by atoms with Crippen molar-refractivity contribution in [1.29, 1.82) is 0 Å². The van der Waals surface area contributed by atoms with Crippen molar-refractivity contribution in [2.75, 3.05) is 45.6 Å². The molecular formula is C12H19N3O4S2. The Morgan fingerprint density at radius 1 is 1.38 bits per heavy atom. The Bertz CT molecular complexity index is 591. The van der Waals surface area contributed by atoms with Gasteiger partial charge in [0.1, 0.15) is 5.69 Å². The molecule has 0 unspecified atom stereocenters. The van der Waals surface area contributed by atoms with Crippen molar-refractivity contribution in [3.8, 4) is 0 Å². The molecule has 9 heteroatoms. The molecule has 0 N–H and O–H groups in total. The van der Waals surface area contributed by atoms with Crippen LogP contribution in [-0.4, -0.2) is 74.2 Å². The molecule has 7 nitrogen and oxygen atoms in total. The van der Waals surface area contributed by atoms with Crippen LogP contribution in [0.15, 0.2) is 5.38 Å². The van der Waals surface area contributed by atoms with Crippen LogP contribution in [0.5, 0.6) is 0 Å². The molecule has 0 atom stereocenters.